The molecule has 0 bridgehead atoms. The van der Waals surface area contributed by atoms with Crippen molar-refractivity contribution in [2.24, 2.45) is 0 Å². The average molecular weight is 429 g/mol. The maximum atomic E-state index is 12.6. The molecule has 0 amide bonds. The Balaban J connectivity index is 1.93. The molecule has 0 aliphatic rings. The topological polar surface area (TPSA) is 95.0 Å². The zero-order valence-corrected chi connectivity index (χ0v) is 17.4. The lowest BCUT2D eigenvalue weighted by Gasteiger charge is -2.07. The summed E-state index contributed by atoms with van der Waals surface area (Å²) in [5.41, 5.74) is 0.424. The molecule has 3 heterocycles. The fraction of sp³-hybridized carbons (Fsp3) is 0.286. The third-order valence-electron chi connectivity index (χ3n) is 4.82. The minimum atomic E-state index is -0.491. The SMILES string of the molecule is CCCn1c(=O)[nH]c(=O)c2c1nc(-c1ccc(-c3ccccc3Cl)o1)n2CCOC. The Morgan fingerprint density at radius 3 is 2.60 bits per heavy atom. The Labute approximate surface area is 176 Å². The Morgan fingerprint density at radius 2 is 1.87 bits per heavy atom. The molecule has 8 nitrogen and oxygen atoms in total. The summed E-state index contributed by atoms with van der Waals surface area (Å²) < 4.78 is 14.5. The van der Waals surface area contributed by atoms with E-state index in [2.05, 4.69) is 9.97 Å². The van der Waals surface area contributed by atoms with Gasteiger partial charge in [-0.1, -0.05) is 30.7 Å². The number of hydrogen-bond donors (Lipinski definition) is 1. The van der Waals surface area contributed by atoms with Gasteiger partial charge in [-0.15, -0.1) is 0 Å². The van der Waals surface area contributed by atoms with E-state index in [1.807, 2.05) is 25.1 Å². The van der Waals surface area contributed by atoms with Crippen LogP contribution < -0.4 is 11.2 Å². The fourth-order valence-corrected chi connectivity index (χ4v) is 3.68. The van der Waals surface area contributed by atoms with Gasteiger partial charge >= 0.3 is 5.69 Å². The molecule has 30 heavy (non-hydrogen) atoms. The van der Waals surface area contributed by atoms with Crippen molar-refractivity contribution in [1.82, 2.24) is 19.1 Å². The molecule has 4 rings (SSSR count). The van der Waals surface area contributed by atoms with E-state index in [-0.39, 0.29) is 0 Å². The van der Waals surface area contributed by atoms with Gasteiger partial charge in [0, 0.05) is 25.8 Å². The number of hydrogen-bond acceptors (Lipinski definition) is 5. The van der Waals surface area contributed by atoms with Crippen LogP contribution in [0.1, 0.15) is 13.3 Å². The van der Waals surface area contributed by atoms with E-state index < -0.39 is 11.2 Å². The number of aromatic amines is 1. The summed E-state index contributed by atoms with van der Waals surface area (Å²) >= 11 is 6.29. The monoisotopic (exact) mass is 428 g/mol. The van der Waals surface area contributed by atoms with Gasteiger partial charge in [-0.25, -0.2) is 9.78 Å². The van der Waals surface area contributed by atoms with E-state index in [1.165, 1.54) is 4.57 Å². The number of aromatic nitrogens is 4. The molecule has 156 valence electrons. The van der Waals surface area contributed by atoms with Crippen molar-refractivity contribution in [3.8, 4) is 22.9 Å². The largest absolute Gasteiger partial charge is 0.453 e. The number of ether oxygens (including phenoxy) is 1. The van der Waals surface area contributed by atoms with E-state index in [0.29, 0.717) is 53.2 Å². The standard InChI is InChI=1S/C21H21ClN4O4/c1-3-10-26-19-17(20(27)24-21(26)28)25(11-12-29-2)18(23-19)16-9-8-15(30-16)13-6-4-5-7-14(13)22/h4-9H,3,10-12H2,1-2H3,(H,24,27,28). The second kappa shape index (κ2) is 8.33. The summed E-state index contributed by atoms with van der Waals surface area (Å²) in [6, 6.07) is 11.0. The maximum Gasteiger partial charge on any atom is 0.330 e. The molecule has 1 N–H and O–H groups in total. The third kappa shape index (κ3) is 3.48. The molecule has 0 spiro atoms. The van der Waals surface area contributed by atoms with Gasteiger partial charge in [-0.2, -0.15) is 0 Å². The fourth-order valence-electron chi connectivity index (χ4n) is 3.46. The molecule has 1 aromatic carbocycles. The van der Waals surface area contributed by atoms with Gasteiger partial charge in [0.15, 0.2) is 22.7 Å². The van der Waals surface area contributed by atoms with Crippen molar-refractivity contribution in [2.45, 2.75) is 26.4 Å². The van der Waals surface area contributed by atoms with Crippen molar-refractivity contribution < 1.29 is 9.15 Å². The minimum absolute atomic E-state index is 0.311. The molecule has 0 unspecified atom stereocenters. The summed E-state index contributed by atoms with van der Waals surface area (Å²) in [5.74, 6) is 1.49. The van der Waals surface area contributed by atoms with Gasteiger partial charge in [-0.3, -0.25) is 14.3 Å². The van der Waals surface area contributed by atoms with Crippen LogP contribution in [0.25, 0.3) is 34.1 Å². The van der Waals surface area contributed by atoms with E-state index >= 15 is 0 Å². The van der Waals surface area contributed by atoms with Crippen LogP contribution in [0, 0.1) is 0 Å². The first-order valence-electron chi connectivity index (χ1n) is 9.62. The molecule has 3 aromatic heterocycles. The van der Waals surface area contributed by atoms with Crippen molar-refractivity contribution in [3.05, 3.63) is 62.3 Å². The zero-order chi connectivity index (χ0) is 21.3. The minimum Gasteiger partial charge on any atom is -0.453 e. The van der Waals surface area contributed by atoms with E-state index in [0.717, 1.165) is 12.0 Å². The number of aryl methyl sites for hydroxylation is 1. The predicted molar refractivity (Wildman–Crippen MR) is 115 cm³/mol. The van der Waals surface area contributed by atoms with Crippen LogP contribution in [-0.4, -0.2) is 32.8 Å². The number of benzene rings is 1. The molecule has 0 fully saturated rings. The number of H-pyrrole nitrogens is 1. The number of nitrogens with one attached hydrogen (secondary N) is 1. The number of fused-ring (bicyclic) bond motifs is 1. The lowest BCUT2D eigenvalue weighted by atomic mass is 10.2. The number of rotatable bonds is 7. The van der Waals surface area contributed by atoms with Crippen molar-refractivity contribution >= 4 is 22.8 Å². The molecular formula is C21H21ClN4O4. The number of methoxy groups -OCH3 is 1. The molecule has 9 heteroatoms. The first-order chi connectivity index (χ1) is 14.5. The molecular weight excluding hydrogens is 408 g/mol. The Hall–Kier alpha value is -3.10. The van der Waals surface area contributed by atoms with E-state index in [1.54, 1.807) is 29.9 Å². The summed E-state index contributed by atoms with van der Waals surface area (Å²) in [6.07, 6.45) is 0.721. The zero-order valence-electron chi connectivity index (χ0n) is 16.6. The lowest BCUT2D eigenvalue weighted by molar-refractivity contribution is 0.188. The summed E-state index contributed by atoms with van der Waals surface area (Å²) in [7, 11) is 1.58. The number of nitrogens with zero attached hydrogens (tertiary/aromatic N) is 3. The molecule has 0 aliphatic carbocycles. The Kier molecular flexibility index (Phi) is 5.61. The van der Waals surface area contributed by atoms with Crippen LogP contribution in [0.2, 0.25) is 5.02 Å². The molecule has 4 aromatic rings. The van der Waals surface area contributed by atoms with Crippen LogP contribution >= 0.6 is 11.6 Å². The van der Waals surface area contributed by atoms with Gasteiger partial charge in [0.05, 0.1) is 11.6 Å². The Bertz CT molecular complexity index is 1310. The second-order valence-corrected chi connectivity index (χ2v) is 7.21. The second-order valence-electron chi connectivity index (χ2n) is 6.81. The molecule has 0 saturated heterocycles. The molecule has 0 atom stereocenters. The van der Waals surface area contributed by atoms with E-state index in [4.69, 9.17) is 20.8 Å². The van der Waals surface area contributed by atoms with Crippen LogP contribution in [-0.2, 0) is 17.8 Å². The van der Waals surface area contributed by atoms with Crippen LogP contribution in [0.4, 0.5) is 0 Å². The summed E-state index contributed by atoms with van der Waals surface area (Å²) in [6.45, 7) is 3.13. The van der Waals surface area contributed by atoms with E-state index in [9.17, 15) is 9.59 Å². The van der Waals surface area contributed by atoms with Gasteiger partial charge in [0.1, 0.15) is 5.76 Å². The predicted octanol–water partition coefficient (Wildman–Crippen LogP) is 3.52. The van der Waals surface area contributed by atoms with Crippen molar-refractivity contribution in [3.63, 3.8) is 0 Å². The quantitative estimate of drug-likeness (QED) is 0.486. The van der Waals surface area contributed by atoms with Gasteiger partial charge in [-0.05, 0) is 30.7 Å². The molecule has 0 saturated carbocycles. The molecule has 0 radical (unpaired) electrons. The highest BCUT2D eigenvalue weighted by Crippen LogP contribution is 2.33. The van der Waals surface area contributed by atoms with Crippen molar-refractivity contribution in [1.29, 1.82) is 0 Å². The Morgan fingerprint density at radius 1 is 1.10 bits per heavy atom. The molecule has 0 aliphatic heterocycles. The summed E-state index contributed by atoms with van der Waals surface area (Å²) in [5, 5.41) is 0.569. The average Bonchev–Trinajstić information content (AvgIpc) is 3.35. The number of halogens is 1. The number of furan rings is 1. The number of imidazole rings is 1. The first-order valence-corrected chi connectivity index (χ1v) is 10.00. The van der Waals surface area contributed by atoms with Crippen LogP contribution in [0.5, 0.6) is 0 Å². The van der Waals surface area contributed by atoms with Gasteiger partial charge < -0.3 is 13.7 Å². The lowest BCUT2D eigenvalue weighted by Crippen LogP contribution is -2.31. The van der Waals surface area contributed by atoms with Crippen LogP contribution in [0.15, 0.2) is 50.4 Å². The smallest absolute Gasteiger partial charge is 0.330 e. The van der Waals surface area contributed by atoms with Gasteiger partial charge in [0.25, 0.3) is 5.56 Å². The highest BCUT2D eigenvalue weighted by Gasteiger charge is 2.22. The van der Waals surface area contributed by atoms with Crippen LogP contribution in [0.3, 0.4) is 0 Å². The summed E-state index contributed by atoms with van der Waals surface area (Å²) in [4.78, 5) is 32.0. The highest BCUT2D eigenvalue weighted by molar-refractivity contribution is 6.33. The maximum absolute atomic E-state index is 12.6. The highest BCUT2D eigenvalue weighted by atomic mass is 35.5. The third-order valence-corrected chi connectivity index (χ3v) is 5.15. The normalized spacial score (nSPS) is 11.4. The van der Waals surface area contributed by atoms with Gasteiger partial charge in [0.2, 0.25) is 0 Å². The first kappa shape index (κ1) is 20.2. The van der Waals surface area contributed by atoms with Crippen molar-refractivity contribution in [2.75, 3.05) is 13.7 Å².